The molecule has 1 saturated heterocycles. The van der Waals surface area contributed by atoms with E-state index in [0.717, 1.165) is 12.8 Å². The lowest BCUT2D eigenvalue weighted by molar-refractivity contribution is -0.149. The number of carbonyl (C=O) groups is 3. The van der Waals surface area contributed by atoms with Crippen LogP contribution in [0.5, 0.6) is 0 Å². The van der Waals surface area contributed by atoms with Gasteiger partial charge in [-0.2, -0.15) is 0 Å². The zero-order valence-electron chi connectivity index (χ0n) is 18.9. The molecule has 8 heteroatoms. The molecular weight excluding hydrogens is 388 g/mol. The fourth-order valence-electron chi connectivity index (χ4n) is 3.86. The number of nitrogens with one attached hydrogen (secondary N) is 1. The van der Waals surface area contributed by atoms with Crippen molar-refractivity contribution < 1.29 is 29.3 Å². The van der Waals surface area contributed by atoms with E-state index >= 15 is 0 Å². The zero-order chi connectivity index (χ0) is 23.1. The predicted molar refractivity (Wildman–Crippen MR) is 114 cm³/mol. The molecule has 3 N–H and O–H groups in total. The van der Waals surface area contributed by atoms with Crippen LogP contribution in [0.1, 0.15) is 66.7 Å². The molecule has 0 aromatic carbocycles. The van der Waals surface area contributed by atoms with Crippen LogP contribution in [-0.4, -0.2) is 63.4 Å². The van der Waals surface area contributed by atoms with E-state index in [0.29, 0.717) is 18.8 Å². The molecule has 30 heavy (non-hydrogen) atoms. The van der Waals surface area contributed by atoms with Crippen LogP contribution in [0.25, 0.3) is 0 Å². The van der Waals surface area contributed by atoms with Gasteiger partial charge in [-0.1, -0.05) is 26.3 Å². The Morgan fingerprint density at radius 3 is 2.47 bits per heavy atom. The summed E-state index contributed by atoms with van der Waals surface area (Å²) in [5.41, 5.74) is -0.732. The van der Waals surface area contributed by atoms with Crippen molar-refractivity contribution in [1.29, 1.82) is 0 Å². The average molecular weight is 427 g/mol. The standard InChI is InChI=1S/C22H38N2O6/c1-7-9-10-14(3)11-15(8-2)18(23-21(29)30-22(4,5)6)19(26)24-13-16(25)12-17(24)20(27)28/h7,14-18,25H,1,8-13H2,2-6H3,(H,23,29)(H,27,28)/t14-,15-,16-,17+,18+/m1/s1. The molecule has 8 nitrogen and oxygen atoms in total. The molecule has 0 radical (unpaired) electrons. The Bertz CT molecular complexity index is 615. The van der Waals surface area contributed by atoms with E-state index in [-0.39, 0.29) is 18.9 Å². The number of carbonyl (C=O) groups excluding carboxylic acids is 2. The maximum atomic E-state index is 13.4. The van der Waals surface area contributed by atoms with Gasteiger partial charge in [0.25, 0.3) is 0 Å². The summed E-state index contributed by atoms with van der Waals surface area (Å²) in [5.74, 6) is -1.56. The lowest BCUT2D eigenvalue weighted by Gasteiger charge is -2.33. The Labute approximate surface area is 179 Å². The summed E-state index contributed by atoms with van der Waals surface area (Å²) in [6.45, 7) is 12.9. The van der Waals surface area contributed by atoms with Gasteiger partial charge in [0, 0.05) is 13.0 Å². The second-order valence-corrected chi connectivity index (χ2v) is 9.23. The quantitative estimate of drug-likeness (QED) is 0.463. The summed E-state index contributed by atoms with van der Waals surface area (Å²) in [6.07, 6.45) is 3.29. The molecule has 0 spiro atoms. The van der Waals surface area contributed by atoms with E-state index in [1.165, 1.54) is 4.90 Å². The van der Waals surface area contributed by atoms with E-state index in [4.69, 9.17) is 4.74 Å². The van der Waals surface area contributed by atoms with Crippen LogP contribution in [0.2, 0.25) is 0 Å². The Morgan fingerprint density at radius 2 is 1.97 bits per heavy atom. The number of carboxylic acid groups (broad SMARTS) is 1. The van der Waals surface area contributed by atoms with Gasteiger partial charge < -0.3 is 25.2 Å². The van der Waals surface area contributed by atoms with Crippen LogP contribution in [0.3, 0.4) is 0 Å². The number of aliphatic hydroxyl groups is 1. The summed E-state index contributed by atoms with van der Waals surface area (Å²) < 4.78 is 5.34. The van der Waals surface area contributed by atoms with Gasteiger partial charge in [0.15, 0.2) is 0 Å². The average Bonchev–Trinajstić information content (AvgIpc) is 3.02. The number of nitrogens with zero attached hydrogens (tertiary/aromatic N) is 1. The molecule has 1 aliphatic heterocycles. The third-order valence-corrected chi connectivity index (χ3v) is 5.35. The molecule has 0 bridgehead atoms. The SMILES string of the molecule is C=CCC[C@@H](C)C[C@@H](CC)[C@H](NC(=O)OC(C)(C)C)C(=O)N1C[C@H](O)C[C@H]1C(=O)O. The maximum absolute atomic E-state index is 13.4. The number of likely N-dealkylation sites (tertiary alicyclic amines) is 1. The molecule has 0 aliphatic carbocycles. The highest BCUT2D eigenvalue weighted by atomic mass is 16.6. The first-order valence-corrected chi connectivity index (χ1v) is 10.7. The summed E-state index contributed by atoms with van der Waals surface area (Å²) in [7, 11) is 0. The van der Waals surface area contributed by atoms with Crippen molar-refractivity contribution in [2.75, 3.05) is 6.54 Å². The third-order valence-electron chi connectivity index (χ3n) is 5.35. The molecule has 0 saturated carbocycles. The van der Waals surface area contributed by atoms with Crippen LogP contribution in [-0.2, 0) is 14.3 Å². The van der Waals surface area contributed by atoms with Crippen LogP contribution in [0.4, 0.5) is 4.79 Å². The van der Waals surface area contributed by atoms with Gasteiger partial charge in [0.2, 0.25) is 5.91 Å². The molecule has 1 heterocycles. The van der Waals surface area contributed by atoms with E-state index in [2.05, 4.69) is 18.8 Å². The van der Waals surface area contributed by atoms with Crippen molar-refractivity contribution in [3.05, 3.63) is 12.7 Å². The first-order valence-electron chi connectivity index (χ1n) is 10.7. The number of allylic oxidation sites excluding steroid dienone is 1. The highest BCUT2D eigenvalue weighted by molar-refractivity contribution is 5.90. The van der Waals surface area contributed by atoms with Crippen LogP contribution < -0.4 is 5.32 Å². The molecule has 1 rings (SSSR count). The highest BCUT2D eigenvalue weighted by Crippen LogP contribution is 2.27. The minimum Gasteiger partial charge on any atom is -0.480 e. The lowest BCUT2D eigenvalue weighted by Crippen LogP contribution is -2.55. The van der Waals surface area contributed by atoms with Crippen molar-refractivity contribution in [2.24, 2.45) is 11.8 Å². The van der Waals surface area contributed by atoms with Crippen molar-refractivity contribution in [3.8, 4) is 0 Å². The number of amides is 2. The highest BCUT2D eigenvalue weighted by Gasteiger charge is 2.43. The molecule has 172 valence electrons. The summed E-state index contributed by atoms with van der Waals surface area (Å²) in [4.78, 5) is 38.6. The maximum Gasteiger partial charge on any atom is 0.408 e. The number of alkyl carbamates (subject to hydrolysis) is 1. The number of β-amino-alcohol motifs (C(OH)–C–C–N with tert-alkyl or cyclic N) is 1. The number of aliphatic hydroxyl groups excluding tert-OH is 1. The van der Waals surface area contributed by atoms with Crippen molar-refractivity contribution in [1.82, 2.24) is 10.2 Å². The minimum absolute atomic E-state index is 0.0211. The van der Waals surface area contributed by atoms with Gasteiger partial charge in [-0.25, -0.2) is 9.59 Å². The third kappa shape index (κ3) is 7.97. The van der Waals surface area contributed by atoms with Crippen molar-refractivity contribution >= 4 is 18.0 Å². The number of carboxylic acids is 1. The monoisotopic (exact) mass is 426 g/mol. The van der Waals surface area contributed by atoms with E-state index in [1.54, 1.807) is 20.8 Å². The van der Waals surface area contributed by atoms with Crippen LogP contribution in [0, 0.1) is 11.8 Å². The first kappa shape index (κ1) is 25.9. The Balaban J connectivity index is 3.11. The number of hydrogen-bond acceptors (Lipinski definition) is 5. The number of hydrogen-bond donors (Lipinski definition) is 3. The van der Waals surface area contributed by atoms with Crippen LogP contribution >= 0.6 is 0 Å². The van der Waals surface area contributed by atoms with Gasteiger partial charge in [0.1, 0.15) is 17.7 Å². The molecule has 2 amide bonds. The topological polar surface area (TPSA) is 116 Å². The lowest BCUT2D eigenvalue weighted by atomic mass is 9.85. The van der Waals surface area contributed by atoms with Crippen LogP contribution in [0.15, 0.2) is 12.7 Å². The molecule has 1 aliphatic rings. The van der Waals surface area contributed by atoms with E-state index in [1.807, 2.05) is 13.0 Å². The van der Waals surface area contributed by atoms with Crippen molar-refractivity contribution in [2.45, 2.75) is 90.5 Å². The number of rotatable bonds is 10. The fourth-order valence-corrected chi connectivity index (χ4v) is 3.86. The van der Waals surface area contributed by atoms with Crippen molar-refractivity contribution in [3.63, 3.8) is 0 Å². The van der Waals surface area contributed by atoms with Gasteiger partial charge >= 0.3 is 12.1 Å². The predicted octanol–water partition coefficient (Wildman–Crippen LogP) is 2.94. The zero-order valence-corrected chi connectivity index (χ0v) is 18.9. The molecule has 1 fully saturated rings. The molecule has 0 unspecified atom stereocenters. The molecule has 0 aromatic heterocycles. The first-order chi connectivity index (χ1) is 13.9. The van der Waals surface area contributed by atoms with E-state index < -0.39 is 41.8 Å². The number of ether oxygens (including phenoxy) is 1. The number of aliphatic carboxylic acids is 1. The minimum atomic E-state index is -1.16. The Morgan fingerprint density at radius 1 is 1.33 bits per heavy atom. The van der Waals surface area contributed by atoms with Gasteiger partial charge in [-0.15, -0.1) is 6.58 Å². The molecule has 5 atom stereocenters. The van der Waals surface area contributed by atoms with Gasteiger partial charge in [-0.3, -0.25) is 4.79 Å². The normalized spacial score (nSPS) is 22.1. The molecule has 0 aromatic rings. The molecular formula is C22H38N2O6. The Kier molecular flexibility index (Phi) is 9.81. The smallest absolute Gasteiger partial charge is 0.408 e. The summed E-state index contributed by atoms with van der Waals surface area (Å²) >= 11 is 0. The summed E-state index contributed by atoms with van der Waals surface area (Å²) in [6, 6.07) is -2.03. The van der Waals surface area contributed by atoms with Gasteiger partial charge in [-0.05, 0) is 51.9 Å². The summed E-state index contributed by atoms with van der Waals surface area (Å²) in [5, 5.41) is 22.1. The fraction of sp³-hybridized carbons (Fsp3) is 0.773. The second kappa shape index (κ2) is 11.3. The largest absolute Gasteiger partial charge is 0.480 e. The van der Waals surface area contributed by atoms with Gasteiger partial charge in [0.05, 0.1) is 6.10 Å². The Hall–Kier alpha value is -2.09. The van der Waals surface area contributed by atoms with E-state index in [9.17, 15) is 24.6 Å². The second-order valence-electron chi connectivity index (χ2n) is 9.23.